The Morgan fingerprint density at radius 2 is 2.10 bits per heavy atom. The zero-order valence-corrected chi connectivity index (χ0v) is 12.5. The lowest BCUT2D eigenvalue weighted by Crippen LogP contribution is -2.25. The summed E-state index contributed by atoms with van der Waals surface area (Å²) in [7, 11) is -1.93. The van der Waals surface area contributed by atoms with Crippen LogP contribution in [0.4, 0.5) is 0 Å². The van der Waals surface area contributed by atoms with Crippen LogP contribution in [0, 0.1) is 0 Å². The molecule has 0 aliphatic rings. The molecule has 108 valence electrons. The lowest BCUT2D eigenvalue weighted by atomic mass is 10.2. The quantitative estimate of drug-likeness (QED) is 0.655. The molecule has 1 aromatic carbocycles. The number of pyridine rings is 1. The minimum Gasteiger partial charge on any atom is -0.385 e. The minimum atomic E-state index is -3.51. The number of ether oxygens (including phenoxy) is 1. The number of hydrogen-bond acceptors (Lipinski definition) is 4. The van der Waals surface area contributed by atoms with Gasteiger partial charge in [-0.05, 0) is 36.8 Å². The lowest BCUT2D eigenvalue weighted by molar-refractivity contribution is 0.196. The first-order valence-electron chi connectivity index (χ1n) is 6.08. The van der Waals surface area contributed by atoms with Crippen molar-refractivity contribution in [1.29, 1.82) is 0 Å². The predicted octanol–water partition coefficient (Wildman–Crippen LogP) is 2.20. The molecule has 1 heterocycles. The van der Waals surface area contributed by atoms with Gasteiger partial charge in [-0.3, -0.25) is 0 Å². The van der Waals surface area contributed by atoms with Crippen LogP contribution in [0.1, 0.15) is 6.42 Å². The van der Waals surface area contributed by atoms with Crippen molar-refractivity contribution in [2.75, 3.05) is 20.3 Å². The highest BCUT2D eigenvalue weighted by Crippen LogP contribution is 2.19. The van der Waals surface area contributed by atoms with Gasteiger partial charge < -0.3 is 4.74 Å². The van der Waals surface area contributed by atoms with Crippen LogP contribution in [0.5, 0.6) is 0 Å². The van der Waals surface area contributed by atoms with E-state index >= 15 is 0 Å². The van der Waals surface area contributed by atoms with Gasteiger partial charge in [0.25, 0.3) is 0 Å². The standard InChI is InChI=1S/C13H15ClN2O3S/c1-19-8-2-7-15-20(17,18)11-4-5-12-10(9-11)3-6-13(14)16-12/h3-6,9,15H,2,7-8H2,1H3. The van der Waals surface area contributed by atoms with Crippen molar-refractivity contribution < 1.29 is 13.2 Å². The van der Waals surface area contributed by atoms with Gasteiger partial charge in [0, 0.05) is 25.6 Å². The molecule has 0 spiro atoms. The van der Waals surface area contributed by atoms with E-state index in [1.807, 2.05) is 0 Å². The number of aromatic nitrogens is 1. The van der Waals surface area contributed by atoms with Crippen LogP contribution >= 0.6 is 11.6 Å². The van der Waals surface area contributed by atoms with Crippen LogP contribution in [0.3, 0.4) is 0 Å². The molecule has 0 atom stereocenters. The van der Waals surface area contributed by atoms with Gasteiger partial charge in [-0.15, -0.1) is 0 Å². The second-order valence-electron chi connectivity index (χ2n) is 4.23. The summed E-state index contributed by atoms with van der Waals surface area (Å²) in [6.07, 6.45) is 0.625. The van der Waals surface area contributed by atoms with Gasteiger partial charge in [0.15, 0.2) is 0 Å². The van der Waals surface area contributed by atoms with E-state index in [2.05, 4.69) is 9.71 Å². The Balaban J connectivity index is 2.21. The molecule has 2 rings (SSSR count). The number of fused-ring (bicyclic) bond motifs is 1. The second-order valence-corrected chi connectivity index (χ2v) is 6.39. The summed E-state index contributed by atoms with van der Waals surface area (Å²) in [6.45, 7) is 0.857. The molecule has 0 unspecified atom stereocenters. The van der Waals surface area contributed by atoms with Crippen molar-refractivity contribution in [1.82, 2.24) is 9.71 Å². The van der Waals surface area contributed by atoms with Crippen LogP contribution in [0.2, 0.25) is 5.15 Å². The SMILES string of the molecule is COCCCNS(=O)(=O)c1ccc2nc(Cl)ccc2c1. The third-order valence-corrected chi connectivity index (χ3v) is 4.42. The normalized spacial score (nSPS) is 11.9. The number of nitrogens with zero attached hydrogens (tertiary/aromatic N) is 1. The first kappa shape index (κ1) is 15.2. The summed E-state index contributed by atoms with van der Waals surface area (Å²) < 4.78 is 31.6. The fourth-order valence-corrected chi connectivity index (χ4v) is 3.02. The fourth-order valence-electron chi connectivity index (χ4n) is 1.75. The maximum absolute atomic E-state index is 12.1. The molecule has 1 N–H and O–H groups in total. The number of hydrogen-bond donors (Lipinski definition) is 1. The van der Waals surface area contributed by atoms with Gasteiger partial charge in [0.1, 0.15) is 5.15 Å². The molecule has 0 aliphatic carbocycles. The van der Waals surface area contributed by atoms with E-state index in [-0.39, 0.29) is 4.90 Å². The van der Waals surface area contributed by atoms with Crippen molar-refractivity contribution in [2.24, 2.45) is 0 Å². The van der Waals surface area contributed by atoms with E-state index in [0.717, 1.165) is 5.39 Å². The summed E-state index contributed by atoms with van der Waals surface area (Å²) in [5.41, 5.74) is 0.663. The largest absolute Gasteiger partial charge is 0.385 e. The molecule has 0 radical (unpaired) electrons. The third kappa shape index (κ3) is 3.67. The highest BCUT2D eigenvalue weighted by molar-refractivity contribution is 7.89. The van der Waals surface area contributed by atoms with Crippen molar-refractivity contribution in [2.45, 2.75) is 11.3 Å². The van der Waals surface area contributed by atoms with Gasteiger partial charge in [-0.2, -0.15) is 0 Å². The number of sulfonamides is 1. The maximum atomic E-state index is 12.1. The number of methoxy groups -OCH3 is 1. The van der Waals surface area contributed by atoms with E-state index in [1.165, 1.54) is 6.07 Å². The molecule has 0 fully saturated rings. The number of rotatable bonds is 6. The molecular weight excluding hydrogens is 300 g/mol. The average molecular weight is 315 g/mol. The molecule has 0 amide bonds. The molecule has 20 heavy (non-hydrogen) atoms. The van der Waals surface area contributed by atoms with Gasteiger partial charge in [-0.1, -0.05) is 11.6 Å². The van der Waals surface area contributed by atoms with Gasteiger partial charge in [0.2, 0.25) is 10.0 Å². The van der Waals surface area contributed by atoms with Crippen molar-refractivity contribution in [3.05, 3.63) is 35.5 Å². The van der Waals surface area contributed by atoms with Crippen LogP contribution in [-0.4, -0.2) is 33.7 Å². The molecular formula is C13H15ClN2O3S. The van der Waals surface area contributed by atoms with Crippen LogP contribution in [-0.2, 0) is 14.8 Å². The molecule has 0 saturated carbocycles. The summed E-state index contributed by atoms with van der Waals surface area (Å²) in [5.74, 6) is 0. The Morgan fingerprint density at radius 3 is 2.85 bits per heavy atom. The van der Waals surface area contributed by atoms with E-state index in [9.17, 15) is 8.42 Å². The summed E-state index contributed by atoms with van der Waals surface area (Å²) >= 11 is 5.79. The fraction of sp³-hybridized carbons (Fsp3) is 0.308. The summed E-state index contributed by atoms with van der Waals surface area (Å²) in [6, 6.07) is 8.12. The molecule has 5 nitrogen and oxygen atoms in total. The minimum absolute atomic E-state index is 0.214. The second kappa shape index (κ2) is 6.49. The van der Waals surface area contributed by atoms with E-state index in [0.29, 0.717) is 30.2 Å². The highest BCUT2D eigenvalue weighted by Gasteiger charge is 2.13. The Hall–Kier alpha value is -1.21. The smallest absolute Gasteiger partial charge is 0.240 e. The topological polar surface area (TPSA) is 68.3 Å². The zero-order valence-electron chi connectivity index (χ0n) is 11.0. The predicted molar refractivity (Wildman–Crippen MR) is 78.4 cm³/mol. The van der Waals surface area contributed by atoms with Gasteiger partial charge >= 0.3 is 0 Å². The molecule has 2 aromatic rings. The maximum Gasteiger partial charge on any atom is 0.240 e. The van der Waals surface area contributed by atoms with Crippen molar-refractivity contribution >= 4 is 32.5 Å². The third-order valence-electron chi connectivity index (χ3n) is 2.75. The Kier molecular flexibility index (Phi) is 4.93. The molecule has 0 saturated heterocycles. The zero-order chi connectivity index (χ0) is 14.6. The van der Waals surface area contributed by atoms with Crippen LogP contribution in [0.25, 0.3) is 10.9 Å². The summed E-state index contributed by atoms with van der Waals surface area (Å²) in [5, 5.41) is 1.11. The molecule has 0 bridgehead atoms. The highest BCUT2D eigenvalue weighted by atomic mass is 35.5. The van der Waals surface area contributed by atoms with E-state index in [4.69, 9.17) is 16.3 Å². The van der Waals surface area contributed by atoms with E-state index in [1.54, 1.807) is 31.4 Å². The van der Waals surface area contributed by atoms with Crippen LogP contribution < -0.4 is 4.72 Å². The van der Waals surface area contributed by atoms with Crippen molar-refractivity contribution in [3.63, 3.8) is 0 Å². The number of halogens is 1. The summed E-state index contributed by atoms with van der Waals surface area (Å²) in [4.78, 5) is 4.33. The number of nitrogens with one attached hydrogen (secondary N) is 1. The van der Waals surface area contributed by atoms with Crippen molar-refractivity contribution in [3.8, 4) is 0 Å². The molecule has 7 heteroatoms. The average Bonchev–Trinajstić information content (AvgIpc) is 2.43. The molecule has 0 aliphatic heterocycles. The van der Waals surface area contributed by atoms with E-state index < -0.39 is 10.0 Å². The van der Waals surface area contributed by atoms with Crippen LogP contribution in [0.15, 0.2) is 35.2 Å². The first-order chi connectivity index (χ1) is 9.53. The molecule has 1 aromatic heterocycles. The Bertz CT molecular complexity index is 704. The first-order valence-corrected chi connectivity index (χ1v) is 7.94. The Morgan fingerprint density at radius 1 is 1.30 bits per heavy atom. The number of benzene rings is 1. The van der Waals surface area contributed by atoms with Gasteiger partial charge in [0.05, 0.1) is 10.4 Å². The lowest BCUT2D eigenvalue weighted by Gasteiger charge is -2.07. The Labute approximate surface area is 123 Å². The van der Waals surface area contributed by atoms with Gasteiger partial charge in [-0.25, -0.2) is 18.1 Å². The monoisotopic (exact) mass is 314 g/mol.